The highest BCUT2D eigenvalue weighted by Gasteiger charge is 2.34. The first-order chi connectivity index (χ1) is 21.8. The Bertz CT molecular complexity index is 1800. The largest absolute Gasteiger partial charge is 0.497 e. The van der Waals surface area contributed by atoms with Crippen LogP contribution in [-0.2, 0) is 29.7 Å². The minimum Gasteiger partial charge on any atom is -0.497 e. The molecule has 0 amide bonds. The number of tetrazole rings is 1. The molecule has 0 atom stereocenters. The maximum Gasteiger partial charge on any atom is 0.245 e. The van der Waals surface area contributed by atoms with Gasteiger partial charge in [0.1, 0.15) is 22.1 Å². The van der Waals surface area contributed by atoms with Crippen LogP contribution in [0.2, 0.25) is 0 Å². The molecule has 234 valence electrons. The average Bonchev–Trinajstić information content (AvgIpc) is 3.52. The summed E-state index contributed by atoms with van der Waals surface area (Å²) in [6.45, 7) is 0.606. The van der Waals surface area contributed by atoms with Crippen molar-refractivity contribution in [1.82, 2.24) is 24.5 Å². The van der Waals surface area contributed by atoms with Crippen LogP contribution < -0.4 is 14.2 Å². The Morgan fingerprint density at radius 1 is 0.756 bits per heavy atom. The lowest BCUT2D eigenvalue weighted by Crippen LogP contribution is -2.31. The Morgan fingerprint density at radius 2 is 1.24 bits per heavy atom. The molecule has 0 aliphatic heterocycles. The summed E-state index contributed by atoms with van der Waals surface area (Å²) in [5.74, 6) is 2.48. The van der Waals surface area contributed by atoms with E-state index in [4.69, 9.17) is 14.2 Å². The van der Waals surface area contributed by atoms with E-state index in [0.29, 0.717) is 37.9 Å². The zero-order chi connectivity index (χ0) is 32.0. The summed E-state index contributed by atoms with van der Waals surface area (Å²) in [7, 11) is 0.680. The Kier molecular flexibility index (Phi) is 10.6. The van der Waals surface area contributed by atoms with Crippen LogP contribution in [-0.4, -0.2) is 60.5 Å². The van der Waals surface area contributed by atoms with Crippen LogP contribution in [0.1, 0.15) is 16.7 Å². The van der Waals surface area contributed by atoms with E-state index in [9.17, 15) is 8.42 Å². The van der Waals surface area contributed by atoms with Gasteiger partial charge in [0, 0.05) is 21.6 Å². The number of sulfonamides is 1. The molecule has 0 unspecified atom stereocenters. The van der Waals surface area contributed by atoms with E-state index in [2.05, 4.69) is 38.1 Å². The molecule has 1 heterocycles. The summed E-state index contributed by atoms with van der Waals surface area (Å²) < 4.78 is 49.6. The van der Waals surface area contributed by atoms with Gasteiger partial charge in [-0.15, -0.1) is 16.9 Å². The van der Waals surface area contributed by atoms with Crippen molar-refractivity contribution >= 4 is 44.4 Å². The van der Waals surface area contributed by atoms with Gasteiger partial charge in [0.15, 0.2) is 5.82 Å². The molecule has 1 aromatic heterocycles. The maximum atomic E-state index is 14.9. The highest BCUT2D eigenvalue weighted by molar-refractivity contribution is 14.1. The van der Waals surface area contributed by atoms with Crippen LogP contribution >= 0.6 is 34.4 Å². The first-order valence-electron chi connectivity index (χ1n) is 13.8. The van der Waals surface area contributed by atoms with E-state index in [1.54, 1.807) is 26.0 Å². The van der Waals surface area contributed by atoms with Crippen LogP contribution in [0.25, 0.3) is 11.4 Å². The van der Waals surface area contributed by atoms with Crippen molar-refractivity contribution in [2.24, 2.45) is 0 Å². The fourth-order valence-corrected chi connectivity index (χ4v) is 8.39. The van der Waals surface area contributed by atoms with Gasteiger partial charge in [-0.2, -0.15) is 4.31 Å². The standard InChI is InChI=1S/C32H32IN5O5S2/c1-41-25-11-5-22(6-12-25)19-37(20-23-7-13-26(42-2)14-8-23)45(39,40)31-29(44-4)18-17-28(33)30(31)32-34-35-36-38(32)21-24-9-15-27(43-3)16-10-24/h5-18H,19-21H2,1-4H3. The zero-order valence-corrected chi connectivity index (χ0v) is 29.0. The molecule has 0 N–H and O–H groups in total. The van der Waals surface area contributed by atoms with Gasteiger partial charge in [0.05, 0.1) is 33.4 Å². The number of aromatic nitrogens is 4. The molecule has 5 rings (SSSR count). The summed E-state index contributed by atoms with van der Waals surface area (Å²) in [6, 6.07) is 26.1. The third kappa shape index (κ3) is 7.43. The molecular weight excluding hydrogens is 725 g/mol. The van der Waals surface area contributed by atoms with Crippen LogP contribution in [0, 0.1) is 3.57 Å². The average molecular weight is 758 g/mol. The van der Waals surface area contributed by atoms with Gasteiger partial charge in [-0.3, -0.25) is 0 Å². The van der Waals surface area contributed by atoms with E-state index in [-0.39, 0.29) is 18.0 Å². The molecule has 45 heavy (non-hydrogen) atoms. The van der Waals surface area contributed by atoms with E-state index in [1.807, 2.05) is 91.2 Å². The van der Waals surface area contributed by atoms with Gasteiger partial charge in [-0.25, -0.2) is 13.1 Å². The minimum absolute atomic E-state index is 0.133. The van der Waals surface area contributed by atoms with Crippen molar-refractivity contribution in [2.75, 3.05) is 27.6 Å². The summed E-state index contributed by atoms with van der Waals surface area (Å²) in [5, 5.41) is 12.5. The highest BCUT2D eigenvalue weighted by atomic mass is 127. The monoisotopic (exact) mass is 757 g/mol. The normalized spacial score (nSPS) is 11.5. The van der Waals surface area contributed by atoms with Crippen molar-refractivity contribution in [3.8, 4) is 28.6 Å². The molecule has 5 aromatic rings. The Balaban J connectivity index is 1.62. The summed E-state index contributed by atoms with van der Waals surface area (Å²) in [4.78, 5) is 0.758. The third-order valence-electron chi connectivity index (χ3n) is 7.17. The summed E-state index contributed by atoms with van der Waals surface area (Å²) in [6.07, 6.45) is 1.86. The first kappa shape index (κ1) is 32.7. The SMILES string of the molecule is COc1ccc(CN(Cc2ccc(OC)cc2)S(=O)(=O)c2c(SC)ccc(I)c2-c2nnnn2Cc2ccc(OC)cc2)cc1. The number of rotatable bonds is 13. The van der Waals surface area contributed by atoms with Crippen molar-refractivity contribution < 1.29 is 22.6 Å². The predicted molar refractivity (Wildman–Crippen MR) is 182 cm³/mol. The topological polar surface area (TPSA) is 109 Å². The molecule has 0 fully saturated rings. The molecule has 0 radical (unpaired) electrons. The van der Waals surface area contributed by atoms with Gasteiger partial charge in [-0.05, 0) is 104 Å². The Labute approximate surface area is 280 Å². The fraction of sp³-hybridized carbons (Fsp3) is 0.219. The Morgan fingerprint density at radius 3 is 1.71 bits per heavy atom. The fourth-order valence-electron chi connectivity index (χ4n) is 4.78. The molecule has 10 nitrogen and oxygen atoms in total. The second kappa shape index (κ2) is 14.6. The number of nitrogens with zero attached hydrogens (tertiary/aromatic N) is 5. The smallest absolute Gasteiger partial charge is 0.245 e. The minimum atomic E-state index is -4.13. The van der Waals surface area contributed by atoms with Crippen molar-refractivity contribution in [1.29, 1.82) is 0 Å². The lowest BCUT2D eigenvalue weighted by molar-refractivity contribution is 0.397. The molecule has 0 bridgehead atoms. The van der Waals surface area contributed by atoms with Gasteiger partial charge in [0.25, 0.3) is 0 Å². The van der Waals surface area contributed by atoms with E-state index in [1.165, 1.54) is 16.1 Å². The summed E-state index contributed by atoms with van der Waals surface area (Å²) >= 11 is 3.52. The lowest BCUT2D eigenvalue weighted by atomic mass is 10.2. The van der Waals surface area contributed by atoms with Crippen LogP contribution in [0.3, 0.4) is 0 Å². The molecule has 4 aromatic carbocycles. The number of methoxy groups -OCH3 is 3. The van der Waals surface area contributed by atoms with Gasteiger partial charge in [-0.1, -0.05) is 36.4 Å². The number of hydrogen-bond donors (Lipinski definition) is 0. The second-order valence-electron chi connectivity index (χ2n) is 9.93. The Hall–Kier alpha value is -3.66. The number of thioether (sulfide) groups is 1. The number of hydrogen-bond acceptors (Lipinski definition) is 9. The molecule has 13 heteroatoms. The van der Waals surface area contributed by atoms with Crippen molar-refractivity contribution in [2.45, 2.75) is 29.4 Å². The number of ether oxygens (including phenoxy) is 3. The van der Waals surface area contributed by atoms with E-state index < -0.39 is 10.0 Å². The molecule has 0 aliphatic rings. The first-order valence-corrected chi connectivity index (χ1v) is 17.5. The third-order valence-corrected chi connectivity index (χ3v) is 10.9. The molecular formula is C32H32IN5O5S2. The van der Waals surface area contributed by atoms with E-state index in [0.717, 1.165) is 22.4 Å². The summed E-state index contributed by atoms with van der Waals surface area (Å²) in [5.41, 5.74) is 3.02. The van der Waals surface area contributed by atoms with Crippen molar-refractivity contribution in [3.05, 3.63) is 105 Å². The molecule has 0 aliphatic carbocycles. The molecule has 0 saturated carbocycles. The van der Waals surface area contributed by atoms with Crippen molar-refractivity contribution in [3.63, 3.8) is 0 Å². The number of halogens is 1. The molecule has 0 saturated heterocycles. The van der Waals surface area contributed by atoms with Gasteiger partial charge >= 0.3 is 0 Å². The number of benzene rings is 4. The second-order valence-corrected chi connectivity index (χ2v) is 13.8. The van der Waals surface area contributed by atoms with E-state index >= 15 is 0 Å². The van der Waals surface area contributed by atoms with Gasteiger partial charge in [0.2, 0.25) is 10.0 Å². The van der Waals surface area contributed by atoms with Crippen LogP contribution in [0.4, 0.5) is 0 Å². The van der Waals surface area contributed by atoms with Gasteiger partial charge < -0.3 is 14.2 Å². The predicted octanol–water partition coefficient (Wildman–Crippen LogP) is 6.13. The highest BCUT2D eigenvalue weighted by Crippen LogP contribution is 2.39. The quantitative estimate of drug-likeness (QED) is 0.104. The maximum absolute atomic E-state index is 14.9. The van der Waals surface area contributed by atoms with Crippen LogP contribution in [0.5, 0.6) is 17.2 Å². The lowest BCUT2D eigenvalue weighted by Gasteiger charge is -2.26. The zero-order valence-electron chi connectivity index (χ0n) is 25.2. The molecule has 0 spiro atoms. The van der Waals surface area contributed by atoms with Crippen LogP contribution in [0.15, 0.2) is 94.7 Å².